The highest BCUT2D eigenvalue weighted by Gasteiger charge is 2.27. The molecule has 2 heterocycles. The fourth-order valence-electron chi connectivity index (χ4n) is 3.40. The number of carbonyl (C=O) groups excluding carboxylic acids is 2. The molecule has 0 spiro atoms. The molecule has 2 aromatic rings. The lowest BCUT2D eigenvalue weighted by Crippen LogP contribution is -2.46. The Bertz CT molecular complexity index is 974. The minimum Gasteiger partial charge on any atom is -0.454 e. The van der Waals surface area contributed by atoms with Crippen LogP contribution >= 0.6 is 0 Å². The van der Waals surface area contributed by atoms with Gasteiger partial charge in [0.25, 0.3) is 11.8 Å². The zero-order valence-electron chi connectivity index (χ0n) is 15.2. The van der Waals surface area contributed by atoms with Gasteiger partial charge in [0.15, 0.2) is 29.0 Å². The van der Waals surface area contributed by atoms with Crippen LogP contribution in [0.4, 0.5) is 13.2 Å². The molecular weight excluding hydrogens is 389 g/mol. The van der Waals surface area contributed by atoms with Gasteiger partial charge in [0, 0.05) is 24.7 Å². The predicted molar refractivity (Wildman–Crippen MR) is 95.3 cm³/mol. The molecule has 0 saturated carbocycles. The van der Waals surface area contributed by atoms with E-state index in [0.29, 0.717) is 49.1 Å². The minimum absolute atomic E-state index is 0.122. The van der Waals surface area contributed by atoms with Gasteiger partial charge in [-0.1, -0.05) is 0 Å². The van der Waals surface area contributed by atoms with Gasteiger partial charge in [-0.05, 0) is 43.2 Å². The molecule has 4 rings (SSSR count). The summed E-state index contributed by atoms with van der Waals surface area (Å²) in [4.78, 5) is 26.5. The molecule has 2 aliphatic rings. The first-order valence-electron chi connectivity index (χ1n) is 9.07. The van der Waals surface area contributed by atoms with Gasteiger partial charge >= 0.3 is 0 Å². The van der Waals surface area contributed by atoms with Crippen LogP contribution in [0.3, 0.4) is 0 Å². The van der Waals surface area contributed by atoms with Gasteiger partial charge in [0.2, 0.25) is 6.79 Å². The number of piperidine rings is 1. The monoisotopic (exact) mass is 406 g/mol. The summed E-state index contributed by atoms with van der Waals surface area (Å²) in [6, 6.07) is 6.27. The lowest BCUT2D eigenvalue weighted by atomic mass is 10.0. The summed E-state index contributed by atoms with van der Waals surface area (Å²) in [6.07, 6.45) is 0.903. The lowest BCUT2D eigenvalue weighted by Gasteiger charge is -2.32. The van der Waals surface area contributed by atoms with Crippen LogP contribution in [0.2, 0.25) is 0 Å². The van der Waals surface area contributed by atoms with Crippen LogP contribution in [0.15, 0.2) is 30.3 Å². The molecule has 152 valence electrons. The number of nitrogens with zero attached hydrogens (tertiary/aromatic N) is 1. The van der Waals surface area contributed by atoms with E-state index >= 15 is 0 Å². The van der Waals surface area contributed by atoms with Crippen LogP contribution in [0, 0.1) is 17.5 Å². The van der Waals surface area contributed by atoms with Crippen molar-refractivity contribution in [2.45, 2.75) is 18.9 Å². The first-order valence-corrected chi connectivity index (χ1v) is 9.07. The molecule has 2 amide bonds. The Balaban J connectivity index is 1.35. The molecule has 0 radical (unpaired) electrons. The SMILES string of the molecule is O=C(NC1CCN(C(=O)c2ccc3c(c2)OCO3)CC1)c1ccc(F)c(F)c1F. The number of hydrogen-bond acceptors (Lipinski definition) is 4. The number of hydrogen-bond donors (Lipinski definition) is 1. The third-order valence-electron chi connectivity index (χ3n) is 5.02. The molecule has 9 heteroatoms. The highest BCUT2D eigenvalue weighted by molar-refractivity contribution is 5.95. The van der Waals surface area contributed by atoms with E-state index in [1.165, 1.54) is 0 Å². The molecule has 1 N–H and O–H groups in total. The summed E-state index contributed by atoms with van der Waals surface area (Å²) >= 11 is 0. The summed E-state index contributed by atoms with van der Waals surface area (Å²) in [5.74, 6) is -4.42. The zero-order chi connectivity index (χ0) is 20.5. The summed E-state index contributed by atoms with van der Waals surface area (Å²) in [5, 5.41) is 2.61. The first kappa shape index (κ1) is 19.1. The number of likely N-dealkylation sites (tertiary alicyclic amines) is 1. The number of benzene rings is 2. The molecule has 0 aromatic heterocycles. The van der Waals surface area contributed by atoms with E-state index in [1.807, 2.05) is 0 Å². The van der Waals surface area contributed by atoms with Crippen LogP contribution in [0.1, 0.15) is 33.6 Å². The second kappa shape index (κ2) is 7.65. The molecule has 0 atom stereocenters. The maximum absolute atomic E-state index is 13.8. The summed E-state index contributed by atoms with van der Waals surface area (Å²) in [6.45, 7) is 0.896. The Kier molecular flexibility index (Phi) is 5.04. The van der Waals surface area contributed by atoms with Crippen molar-refractivity contribution in [3.05, 3.63) is 58.9 Å². The number of carbonyl (C=O) groups is 2. The second-order valence-electron chi connectivity index (χ2n) is 6.83. The first-order chi connectivity index (χ1) is 13.9. The molecule has 6 nitrogen and oxygen atoms in total. The van der Waals surface area contributed by atoms with Crippen molar-refractivity contribution in [1.82, 2.24) is 10.2 Å². The van der Waals surface area contributed by atoms with Crippen molar-refractivity contribution in [2.24, 2.45) is 0 Å². The van der Waals surface area contributed by atoms with Crippen molar-refractivity contribution >= 4 is 11.8 Å². The highest BCUT2D eigenvalue weighted by Crippen LogP contribution is 2.33. The number of halogens is 3. The van der Waals surface area contributed by atoms with Crippen molar-refractivity contribution in [1.29, 1.82) is 0 Å². The smallest absolute Gasteiger partial charge is 0.254 e. The van der Waals surface area contributed by atoms with Gasteiger partial charge in [-0.3, -0.25) is 9.59 Å². The molecule has 1 fully saturated rings. The van der Waals surface area contributed by atoms with Crippen LogP contribution in [0.5, 0.6) is 11.5 Å². The van der Waals surface area contributed by atoms with Crippen molar-refractivity contribution in [3.63, 3.8) is 0 Å². The molecule has 1 saturated heterocycles. The average Bonchev–Trinajstić information content (AvgIpc) is 3.20. The molecule has 0 aliphatic carbocycles. The molecule has 0 bridgehead atoms. The summed E-state index contributed by atoms with van der Waals surface area (Å²) in [5.41, 5.74) is -0.0802. The van der Waals surface area contributed by atoms with Crippen LogP contribution in [-0.2, 0) is 0 Å². The Morgan fingerprint density at radius 1 is 0.966 bits per heavy atom. The molecular formula is C20H17F3N2O4. The van der Waals surface area contributed by atoms with Gasteiger partial charge in [-0.25, -0.2) is 13.2 Å². The third kappa shape index (κ3) is 3.72. The summed E-state index contributed by atoms with van der Waals surface area (Å²) < 4.78 is 50.6. The molecule has 2 aliphatic heterocycles. The topological polar surface area (TPSA) is 67.9 Å². The fourth-order valence-corrected chi connectivity index (χ4v) is 3.40. The van der Waals surface area contributed by atoms with Gasteiger partial charge < -0.3 is 19.7 Å². The largest absolute Gasteiger partial charge is 0.454 e. The predicted octanol–water partition coefficient (Wildman–Crippen LogP) is 2.87. The number of fused-ring (bicyclic) bond motifs is 1. The highest BCUT2D eigenvalue weighted by atomic mass is 19.2. The quantitative estimate of drug-likeness (QED) is 0.796. The average molecular weight is 406 g/mol. The third-order valence-corrected chi connectivity index (χ3v) is 5.02. The standard InChI is InChI=1S/C20H17F3N2O4/c21-14-3-2-13(17(22)18(14)23)19(26)24-12-5-7-25(8-6-12)20(27)11-1-4-15-16(9-11)29-10-28-15/h1-4,9,12H,5-8,10H2,(H,24,26). The second-order valence-corrected chi connectivity index (χ2v) is 6.83. The normalized spacial score (nSPS) is 16.0. The van der Waals surface area contributed by atoms with Gasteiger partial charge in [0.1, 0.15) is 0 Å². The van der Waals surface area contributed by atoms with E-state index in [9.17, 15) is 22.8 Å². The van der Waals surface area contributed by atoms with Crippen LogP contribution < -0.4 is 14.8 Å². The van der Waals surface area contributed by atoms with E-state index in [2.05, 4.69) is 5.32 Å². The van der Waals surface area contributed by atoms with Crippen molar-refractivity contribution < 1.29 is 32.2 Å². The molecule has 2 aromatic carbocycles. The van der Waals surface area contributed by atoms with E-state index in [0.717, 1.165) is 6.07 Å². The Morgan fingerprint density at radius 2 is 1.69 bits per heavy atom. The Hall–Kier alpha value is -3.23. The van der Waals surface area contributed by atoms with Crippen molar-refractivity contribution in [2.75, 3.05) is 19.9 Å². The fraction of sp³-hybridized carbons (Fsp3) is 0.300. The van der Waals surface area contributed by atoms with E-state index < -0.39 is 28.9 Å². The molecule has 0 unspecified atom stereocenters. The number of ether oxygens (including phenoxy) is 2. The van der Waals surface area contributed by atoms with E-state index in [-0.39, 0.29) is 18.7 Å². The van der Waals surface area contributed by atoms with Gasteiger partial charge in [-0.2, -0.15) is 0 Å². The van der Waals surface area contributed by atoms with Crippen molar-refractivity contribution in [3.8, 4) is 11.5 Å². The van der Waals surface area contributed by atoms with Gasteiger partial charge in [0.05, 0.1) is 5.56 Å². The lowest BCUT2D eigenvalue weighted by molar-refractivity contribution is 0.0697. The number of rotatable bonds is 3. The van der Waals surface area contributed by atoms with Crippen LogP contribution in [0.25, 0.3) is 0 Å². The zero-order valence-corrected chi connectivity index (χ0v) is 15.2. The van der Waals surface area contributed by atoms with Crippen LogP contribution in [-0.4, -0.2) is 42.6 Å². The number of nitrogens with one attached hydrogen (secondary N) is 1. The summed E-state index contributed by atoms with van der Waals surface area (Å²) in [7, 11) is 0. The van der Waals surface area contributed by atoms with E-state index in [1.54, 1.807) is 23.1 Å². The molecule has 29 heavy (non-hydrogen) atoms. The van der Waals surface area contributed by atoms with E-state index in [4.69, 9.17) is 9.47 Å². The minimum atomic E-state index is -1.68. The maximum Gasteiger partial charge on any atom is 0.254 e. The Labute approximate surface area is 164 Å². The maximum atomic E-state index is 13.8. The van der Waals surface area contributed by atoms with Gasteiger partial charge in [-0.15, -0.1) is 0 Å². The Morgan fingerprint density at radius 3 is 2.45 bits per heavy atom. The number of amides is 2.